The summed E-state index contributed by atoms with van der Waals surface area (Å²) in [7, 11) is 0. The first-order valence-electron chi connectivity index (χ1n) is 10.1. The van der Waals surface area contributed by atoms with Crippen molar-refractivity contribution in [3.05, 3.63) is 53.2 Å². The first-order chi connectivity index (χ1) is 13.5. The Balaban J connectivity index is 1.40. The summed E-state index contributed by atoms with van der Waals surface area (Å²) < 4.78 is 11.5. The number of aromatic nitrogens is 1. The lowest BCUT2D eigenvalue weighted by molar-refractivity contribution is 0.0144. The fourth-order valence-corrected chi connectivity index (χ4v) is 4.47. The van der Waals surface area contributed by atoms with Gasteiger partial charge in [0.15, 0.2) is 0 Å². The first kappa shape index (κ1) is 19.2. The van der Waals surface area contributed by atoms with Gasteiger partial charge >= 0.3 is 0 Å². The smallest absolute Gasteiger partial charge is 0.257 e. The molecule has 0 bridgehead atoms. The molecule has 2 aromatic heterocycles. The van der Waals surface area contributed by atoms with Crippen molar-refractivity contribution in [2.75, 3.05) is 39.4 Å². The van der Waals surface area contributed by atoms with Crippen LogP contribution in [0, 0.1) is 19.3 Å². The van der Waals surface area contributed by atoms with Crippen LogP contribution in [0.5, 0.6) is 0 Å². The van der Waals surface area contributed by atoms with E-state index in [4.69, 9.17) is 9.15 Å². The van der Waals surface area contributed by atoms with E-state index in [1.807, 2.05) is 43.3 Å². The van der Waals surface area contributed by atoms with Crippen molar-refractivity contribution in [3.8, 4) is 0 Å². The maximum atomic E-state index is 12.9. The highest BCUT2D eigenvalue weighted by Gasteiger charge is 2.39. The van der Waals surface area contributed by atoms with Gasteiger partial charge in [0.25, 0.3) is 5.91 Å². The zero-order valence-electron chi connectivity index (χ0n) is 16.8. The molecular weight excluding hydrogens is 354 g/mol. The zero-order valence-corrected chi connectivity index (χ0v) is 16.8. The molecule has 6 nitrogen and oxygen atoms in total. The fourth-order valence-electron chi connectivity index (χ4n) is 4.47. The summed E-state index contributed by atoms with van der Waals surface area (Å²) >= 11 is 0. The van der Waals surface area contributed by atoms with Gasteiger partial charge in [0.05, 0.1) is 18.8 Å². The summed E-state index contributed by atoms with van der Waals surface area (Å²) in [4.78, 5) is 21.6. The van der Waals surface area contributed by atoms with Crippen LogP contribution in [-0.4, -0.2) is 60.1 Å². The molecule has 2 aliphatic heterocycles. The number of hydrogen-bond donors (Lipinski definition) is 0. The number of rotatable bonds is 3. The van der Waals surface area contributed by atoms with Crippen molar-refractivity contribution in [1.82, 2.24) is 14.8 Å². The van der Waals surface area contributed by atoms with Crippen LogP contribution in [0.15, 0.2) is 35.0 Å². The van der Waals surface area contributed by atoms with Gasteiger partial charge < -0.3 is 14.1 Å². The Morgan fingerprint density at radius 3 is 2.75 bits per heavy atom. The highest BCUT2D eigenvalue weighted by molar-refractivity contribution is 5.95. The number of amides is 1. The van der Waals surface area contributed by atoms with Gasteiger partial charge in [0, 0.05) is 50.5 Å². The van der Waals surface area contributed by atoms with E-state index in [2.05, 4.69) is 16.0 Å². The standard InChI is InChI=1S/C22H29N3O3/c1-17-12-20(18(2)28-17)21(26)25-8-5-22(6-9-25)15-24(10-11-27-16-22)14-19-4-3-7-23-13-19/h3-4,7,12-13H,5-6,8-11,14-16H2,1-2H3. The normalized spacial score (nSPS) is 20.3. The third-order valence-electron chi connectivity index (χ3n) is 6.03. The number of aryl methyl sites for hydroxylation is 2. The summed E-state index contributed by atoms with van der Waals surface area (Å²) in [6.45, 7) is 9.67. The lowest BCUT2D eigenvalue weighted by atomic mass is 9.78. The van der Waals surface area contributed by atoms with Crippen molar-refractivity contribution in [1.29, 1.82) is 0 Å². The number of furan rings is 1. The van der Waals surface area contributed by atoms with Gasteiger partial charge in [-0.1, -0.05) is 6.07 Å². The molecule has 2 aliphatic rings. The number of ether oxygens (including phenoxy) is 1. The average Bonchev–Trinajstić information content (AvgIpc) is 2.91. The molecule has 2 saturated heterocycles. The minimum atomic E-state index is 0.0888. The van der Waals surface area contributed by atoms with E-state index >= 15 is 0 Å². The Labute approximate surface area is 166 Å². The van der Waals surface area contributed by atoms with Crippen LogP contribution in [0.4, 0.5) is 0 Å². The Bertz CT molecular complexity index is 810. The Morgan fingerprint density at radius 2 is 2.07 bits per heavy atom. The van der Waals surface area contributed by atoms with E-state index in [1.165, 1.54) is 5.56 Å². The van der Waals surface area contributed by atoms with Gasteiger partial charge in [0.1, 0.15) is 11.5 Å². The summed E-state index contributed by atoms with van der Waals surface area (Å²) in [6.07, 6.45) is 5.69. The number of carbonyl (C=O) groups excluding carboxylic acids is 1. The molecule has 0 radical (unpaired) electrons. The molecule has 0 unspecified atom stereocenters. The Hall–Kier alpha value is -2.18. The van der Waals surface area contributed by atoms with Gasteiger partial charge in [-0.2, -0.15) is 0 Å². The number of piperidine rings is 1. The molecule has 1 spiro atoms. The molecular formula is C22H29N3O3. The molecule has 1 amide bonds. The second-order valence-electron chi connectivity index (χ2n) is 8.24. The fraction of sp³-hybridized carbons (Fsp3) is 0.545. The van der Waals surface area contributed by atoms with Crippen molar-refractivity contribution < 1.29 is 13.9 Å². The number of likely N-dealkylation sites (tertiary alicyclic amines) is 1. The molecule has 0 N–H and O–H groups in total. The SMILES string of the molecule is Cc1cc(C(=O)N2CCC3(CC2)COCCN(Cc2cccnc2)C3)c(C)o1. The molecule has 2 fully saturated rings. The second kappa shape index (κ2) is 8.05. The van der Waals surface area contributed by atoms with Gasteiger partial charge in [0.2, 0.25) is 0 Å². The van der Waals surface area contributed by atoms with E-state index in [-0.39, 0.29) is 11.3 Å². The van der Waals surface area contributed by atoms with Crippen molar-refractivity contribution >= 4 is 5.91 Å². The third kappa shape index (κ3) is 4.13. The van der Waals surface area contributed by atoms with Gasteiger partial charge in [-0.25, -0.2) is 0 Å². The number of hydrogen-bond acceptors (Lipinski definition) is 5. The molecule has 0 atom stereocenters. The monoisotopic (exact) mass is 383 g/mol. The lowest BCUT2D eigenvalue weighted by Crippen LogP contribution is -2.48. The summed E-state index contributed by atoms with van der Waals surface area (Å²) in [5, 5.41) is 0. The highest BCUT2D eigenvalue weighted by Crippen LogP contribution is 2.35. The van der Waals surface area contributed by atoms with E-state index in [1.54, 1.807) is 0 Å². The van der Waals surface area contributed by atoms with Crippen molar-refractivity contribution in [2.24, 2.45) is 5.41 Å². The molecule has 150 valence electrons. The quantitative estimate of drug-likeness (QED) is 0.815. The summed E-state index contributed by atoms with van der Waals surface area (Å²) in [6, 6.07) is 5.97. The van der Waals surface area contributed by atoms with Crippen molar-refractivity contribution in [3.63, 3.8) is 0 Å². The zero-order chi connectivity index (χ0) is 19.6. The second-order valence-corrected chi connectivity index (χ2v) is 8.24. The van der Waals surface area contributed by atoms with Crippen molar-refractivity contribution in [2.45, 2.75) is 33.2 Å². The average molecular weight is 383 g/mol. The van der Waals surface area contributed by atoms with Crippen LogP contribution in [0.1, 0.15) is 40.3 Å². The Kier molecular flexibility index (Phi) is 5.51. The molecule has 0 saturated carbocycles. The molecule has 4 heterocycles. The molecule has 4 rings (SSSR count). The minimum absolute atomic E-state index is 0.0888. The number of pyridine rings is 1. The van der Waals surface area contributed by atoms with E-state index in [9.17, 15) is 4.79 Å². The highest BCUT2D eigenvalue weighted by atomic mass is 16.5. The Morgan fingerprint density at radius 1 is 1.25 bits per heavy atom. The van der Waals surface area contributed by atoms with Crippen LogP contribution < -0.4 is 0 Å². The van der Waals surface area contributed by atoms with Crippen LogP contribution in [-0.2, 0) is 11.3 Å². The van der Waals surface area contributed by atoms with Crippen LogP contribution >= 0.6 is 0 Å². The molecule has 2 aromatic rings. The number of carbonyl (C=O) groups is 1. The topological polar surface area (TPSA) is 58.8 Å². The van der Waals surface area contributed by atoms with E-state index in [0.29, 0.717) is 11.3 Å². The largest absolute Gasteiger partial charge is 0.466 e. The molecule has 0 aromatic carbocycles. The maximum Gasteiger partial charge on any atom is 0.257 e. The van der Waals surface area contributed by atoms with E-state index < -0.39 is 0 Å². The molecule has 0 aliphatic carbocycles. The minimum Gasteiger partial charge on any atom is -0.466 e. The van der Waals surface area contributed by atoms with Gasteiger partial charge in [-0.05, 0) is 44.4 Å². The van der Waals surface area contributed by atoms with Gasteiger partial charge in [-0.15, -0.1) is 0 Å². The van der Waals surface area contributed by atoms with Crippen LogP contribution in [0.2, 0.25) is 0 Å². The predicted molar refractivity (Wildman–Crippen MR) is 106 cm³/mol. The third-order valence-corrected chi connectivity index (χ3v) is 6.03. The van der Waals surface area contributed by atoms with Gasteiger partial charge in [-0.3, -0.25) is 14.7 Å². The van der Waals surface area contributed by atoms with Crippen LogP contribution in [0.3, 0.4) is 0 Å². The van der Waals surface area contributed by atoms with Crippen LogP contribution in [0.25, 0.3) is 0 Å². The molecule has 28 heavy (non-hydrogen) atoms. The predicted octanol–water partition coefficient (Wildman–Crippen LogP) is 3.05. The first-order valence-corrected chi connectivity index (χ1v) is 10.1. The maximum absolute atomic E-state index is 12.9. The van der Waals surface area contributed by atoms with E-state index in [0.717, 1.165) is 64.5 Å². The summed E-state index contributed by atoms with van der Waals surface area (Å²) in [5.41, 5.74) is 2.05. The lowest BCUT2D eigenvalue weighted by Gasteiger charge is -2.42. The number of nitrogens with zero attached hydrogens (tertiary/aromatic N) is 3. The molecule has 6 heteroatoms. The summed E-state index contributed by atoms with van der Waals surface area (Å²) in [5.74, 6) is 1.59.